The van der Waals surface area contributed by atoms with Gasteiger partial charge < -0.3 is 19.7 Å². The minimum absolute atomic E-state index is 0.169. The highest BCUT2D eigenvalue weighted by Gasteiger charge is 2.58. The zero-order chi connectivity index (χ0) is 22.5. The molecule has 1 aliphatic heterocycles. The molecule has 0 radical (unpaired) electrons. The van der Waals surface area contributed by atoms with Crippen molar-refractivity contribution in [1.29, 1.82) is 0 Å². The van der Waals surface area contributed by atoms with Crippen LogP contribution in [0.15, 0.2) is 12.3 Å². The van der Waals surface area contributed by atoms with Crippen LogP contribution in [0.1, 0.15) is 38.5 Å². The maximum atomic E-state index is 13.8. The van der Waals surface area contributed by atoms with E-state index in [1.54, 1.807) is 11.9 Å². The van der Waals surface area contributed by atoms with Crippen LogP contribution >= 0.6 is 0 Å². The summed E-state index contributed by atoms with van der Waals surface area (Å²) < 4.78 is 38.0. The average Bonchev–Trinajstić information content (AvgIpc) is 3.23. The van der Waals surface area contributed by atoms with Gasteiger partial charge in [-0.2, -0.15) is 0 Å². The minimum atomic E-state index is -0.859. The lowest BCUT2D eigenvalue weighted by atomic mass is 9.46. The van der Waals surface area contributed by atoms with Gasteiger partial charge in [-0.15, -0.1) is 0 Å². The van der Waals surface area contributed by atoms with Crippen molar-refractivity contribution >= 4 is 12.0 Å². The molecular formula is C23H29F2N3O4. The van der Waals surface area contributed by atoms with E-state index in [2.05, 4.69) is 10.3 Å². The zero-order valence-corrected chi connectivity index (χ0v) is 18.2. The van der Waals surface area contributed by atoms with Crippen LogP contribution in [0.3, 0.4) is 0 Å². The Balaban J connectivity index is 1.14. The molecule has 1 aromatic rings. The summed E-state index contributed by atoms with van der Waals surface area (Å²) in [5, 5.41) is 2.86. The Morgan fingerprint density at radius 3 is 2.69 bits per heavy atom. The Bertz CT molecular complexity index is 897. The third-order valence-electron chi connectivity index (χ3n) is 8.03. The lowest BCUT2D eigenvalue weighted by molar-refractivity contribution is -0.155. The standard InChI is InChI=1S/C23H29F2N3O4/c1-26-21(29)23-7-13-4-14(8-23)18(15(5-13)9-23)12-31-22(30)28-3-2-17(11-28)32-20-19(25)6-16(24)10-27-20/h6,10,13-15,17-18H,2-5,7-9,11-12H2,1H3,(H,26,29)/t13?,14?,15?,17-,18?,23?/m1/s1. The smallest absolute Gasteiger partial charge is 0.409 e. The fraction of sp³-hybridized carbons (Fsp3) is 0.696. The molecule has 1 aromatic heterocycles. The monoisotopic (exact) mass is 449 g/mol. The number of likely N-dealkylation sites (tertiary alicyclic amines) is 1. The number of carbonyl (C=O) groups excluding carboxylic acids is 2. The number of ether oxygens (including phenoxy) is 2. The molecule has 0 spiro atoms. The molecule has 3 atom stereocenters. The van der Waals surface area contributed by atoms with E-state index in [1.807, 2.05) is 0 Å². The van der Waals surface area contributed by atoms with Crippen molar-refractivity contribution in [2.24, 2.45) is 29.1 Å². The average molecular weight is 449 g/mol. The third-order valence-corrected chi connectivity index (χ3v) is 8.03. The van der Waals surface area contributed by atoms with Gasteiger partial charge in [0.25, 0.3) is 5.88 Å². The maximum Gasteiger partial charge on any atom is 0.409 e. The van der Waals surface area contributed by atoms with Crippen molar-refractivity contribution in [3.8, 4) is 5.88 Å². The number of hydrogen-bond donors (Lipinski definition) is 1. The van der Waals surface area contributed by atoms with E-state index in [-0.39, 0.29) is 23.7 Å². The first-order valence-electron chi connectivity index (χ1n) is 11.5. The summed E-state index contributed by atoms with van der Waals surface area (Å²) in [6.45, 7) is 1.10. The summed E-state index contributed by atoms with van der Waals surface area (Å²) >= 11 is 0. The van der Waals surface area contributed by atoms with Gasteiger partial charge in [0, 0.05) is 31.5 Å². The largest absolute Gasteiger partial charge is 0.470 e. The lowest BCUT2D eigenvalue weighted by Gasteiger charge is -2.59. The molecule has 7 nitrogen and oxygen atoms in total. The number of hydrogen-bond acceptors (Lipinski definition) is 5. The summed E-state index contributed by atoms with van der Waals surface area (Å²) in [5.41, 5.74) is -0.227. The van der Waals surface area contributed by atoms with Gasteiger partial charge in [0.2, 0.25) is 5.91 Å². The Morgan fingerprint density at radius 2 is 2.00 bits per heavy atom. The Kier molecular flexibility index (Phi) is 5.45. The molecule has 9 heteroatoms. The summed E-state index contributed by atoms with van der Waals surface area (Å²) in [6.07, 6.45) is 5.63. The minimum Gasteiger partial charge on any atom is -0.470 e. The number of amides is 2. The highest BCUT2D eigenvalue weighted by molar-refractivity contribution is 5.83. The Morgan fingerprint density at radius 1 is 1.25 bits per heavy atom. The van der Waals surface area contributed by atoms with Crippen LogP contribution in [-0.4, -0.2) is 54.7 Å². The molecule has 4 aliphatic carbocycles. The normalized spacial score (nSPS) is 35.1. The first-order valence-corrected chi connectivity index (χ1v) is 11.5. The van der Waals surface area contributed by atoms with E-state index in [1.165, 1.54) is 0 Å². The second-order valence-corrected chi connectivity index (χ2v) is 9.99. The Labute approximate surface area is 185 Å². The van der Waals surface area contributed by atoms with Gasteiger partial charge >= 0.3 is 6.09 Å². The molecule has 5 fully saturated rings. The quantitative estimate of drug-likeness (QED) is 0.747. The van der Waals surface area contributed by atoms with E-state index in [0.29, 0.717) is 43.2 Å². The number of nitrogens with one attached hydrogen (secondary N) is 1. The van der Waals surface area contributed by atoms with E-state index in [4.69, 9.17) is 9.47 Å². The van der Waals surface area contributed by atoms with Crippen molar-refractivity contribution in [2.75, 3.05) is 26.7 Å². The Hall–Kier alpha value is -2.45. The van der Waals surface area contributed by atoms with Crippen LogP contribution in [0.5, 0.6) is 5.88 Å². The molecule has 0 aromatic carbocycles. The maximum absolute atomic E-state index is 13.8. The van der Waals surface area contributed by atoms with E-state index in [0.717, 1.165) is 44.4 Å². The van der Waals surface area contributed by atoms with Crippen molar-refractivity contribution in [3.63, 3.8) is 0 Å². The number of nitrogens with zero attached hydrogens (tertiary/aromatic N) is 2. The van der Waals surface area contributed by atoms with E-state index >= 15 is 0 Å². The number of rotatable bonds is 5. The van der Waals surface area contributed by atoms with Crippen molar-refractivity contribution in [2.45, 2.75) is 44.6 Å². The molecule has 32 heavy (non-hydrogen) atoms. The summed E-state index contributed by atoms with van der Waals surface area (Å²) in [5.74, 6) is 0.0453. The summed E-state index contributed by atoms with van der Waals surface area (Å²) in [4.78, 5) is 30.4. The fourth-order valence-corrected chi connectivity index (χ4v) is 6.84. The van der Waals surface area contributed by atoms with Gasteiger partial charge in [-0.05, 0) is 55.8 Å². The van der Waals surface area contributed by atoms with Crippen LogP contribution in [0, 0.1) is 40.7 Å². The fourth-order valence-electron chi connectivity index (χ4n) is 6.84. The van der Waals surface area contributed by atoms with E-state index < -0.39 is 23.8 Å². The predicted octanol–water partition coefficient (Wildman–Crippen LogP) is 3.14. The SMILES string of the molecule is CNC(=O)C12CC3CC(C1)C(COC(=O)N1CC[C@@H](Oc4ncc(F)cc4F)C1)C(C3)C2. The first kappa shape index (κ1) is 21.4. The van der Waals surface area contributed by atoms with Gasteiger partial charge in [-0.3, -0.25) is 4.79 Å². The number of halogens is 2. The lowest BCUT2D eigenvalue weighted by Crippen LogP contribution is -2.57. The van der Waals surface area contributed by atoms with Crippen LogP contribution < -0.4 is 10.1 Å². The van der Waals surface area contributed by atoms with Crippen LogP contribution in [0.25, 0.3) is 0 Å². The van der Waals surface area contributed by atoms with E-state index in [9.17, 15) is 18.4 Å². The van der Waals surface area contributed by atoms with Gasteiger partial charge in [0.15, 0.2) is 5.82 Å². The molecule has 1 N–H and O–H groups in total. The first-order chi connectivity index (χ1) is 15.4. The molecule has 174 valence electrons. The van der Waals surface area contributed by atoms with Crippen molar-refractivity contribution in [3.05, 3.63) is 23.9 Å². The van der Waals surface area contributed by atoms with Gasteiger partial charge in [0.1, 0.15) is 11.9 Å². The highest BCUT2D eigenvalue weighted by Crippen LogP contribution is 2.62. The predicted molar refractivity (Wildman–Crippen MR) is 110 cm³/mol. The molecule has 2 heterocycles. The van der Waals surface area contributed by atoms with Crippen LogP contribution in [-0.2, 0) is 9.53 Å². The second kappa shape index (κ2) is 8.15. The molecule has 4 saturated carbocycles. The van der Waals surface area contributed by atoms with Crippen molar-refractivity contribution < 1.29 is 27.8 Å². The van der Waals surface area contributed by atoms with Crippen LogP contribution in [0.2, 0.25) is 0 Å². The molecule has 1 saturated heterocycles. The molecule has 4 bridgehead atoms. The molecule has 2 amide bonds. The van der Waals surface area contributed by atoms with Crippen molar-refractivity contribution in [1.82, 2.24) is 15.2 Å². The topological polar surface area (TPSA) is 80.8 Å². The van der Waals surface area contributed by atoms with Gasteiger partial charge in [-0.1, -0.05) is 0 Å². The second-order valence-electron chi connectivity index (χ2n) is 9.99. The highest BCUT2D eigenvalue weighted by atomic mass is 19.1. The third kappa shape index (κ3) is 3.79. The van der Waals surface area contributed by atoms with Gasteiger partial charge in [0.05, 0.1) is 19.3 Å². The van der Waals surface area contributed by atoms with Gasteiger partial charge in [-0.25, -0.2) is 18.6 Å². The number of aromatic nitrogens is 1. The summed E-state index contributed by atoms with van der Waals surface area (Å²) in [7, 11) is 1.72. The molecule has 6 rings (SSSR count). The molecular weight excluding hydrogens is 420 g/mol. The van der Waals surface area contributed by atoms with Crippen LogP contribution in [0.4, 0.5) is 13.6 Å². The molecule has 2 unspecified atom stereocenters. The number of carbonyl (C=O) groups is 2. The zero-order valence-electron chi connectivity index (χ0n) is 18.2. The number of pyridine rings is 1. The summed E-state index contributed by atoms with van der Waals surface area (Å²) in [6, 6.07) is 0.725. The molecule has 5 aliphatic rings.